The van der Waals surface area contributed by atoms with Gasteiger partial charge in [0, 0.05) is 0 Å². The van der Waals surface area contributed by atoms with Crippen molar-refractivity contribution in [2.75, 3.05) is 5.32 Å². The number of hydrogen-bond donors (Lipinski definition) is 1. The number of aryl methyl sites for hydroxylation is 2. The van der Waals surface area contributed by atoms with Crippen LogP contribution < -0.4 is 5.32 Å². The molecule has 19 heavy (non-hydrogen) atoms. The predicted molar refractivity (Wildman–Crippen MR) is 78.8 cm³/mol. The summed E-state index contributed by atoms with van der Waals surface area (Å²) in [4.78, 5) is 4.47. The van der Waals surface area contributed by atoms with E-state index < -0.39 is 0 Å². The number of nitrogens with zero attached hydrogens (tertiary/aromatic N) is 1. The van der Waals surface area contributed by atoms with Gasteiger partial charge in [0.15, 0.2) is 5.13 Å². The second-order valence-electron chi connectivity index (χ2n) is 4.60. The lowest BCUT2D eigenvalue weighted by Gasteiger charge is -2.04. The Kier molecular flexibility index (Phi) is 2.95. The highest BCUT2D eigenvalue weighted by Gasteiger charge is 2.07. The minimum absolute atomic E-state index is 0.254. The highest BCUT2D eigenvalue weighted by atomic mass is 32.1. The van der Waals surface area contributed by atoms with Crippen molar-refractivity contribution >= 4 is 32.4 Å². The second-order valence-corrected chi connectivity index (χ2v) is 5.63. The van der Waals surface area contributed by atoms with Crippen LogP contribution in [0.15, 0.2) is 36.4 Å². The van der Waals surface area contributed by atoms with Gasteiger partial charge in [-0.15, -0.1) is 0 Å². The van der Waals surface area contributed by atoms with Crippen LogP contribution in [0.5, 0.6) is 0 Å². The zero-order valence-corrected chi connectivity index (χ0v) is 11.5. The minimum Gasteiger partial charge on any atom is -0.329 e. The Hall–Kier alpha value is -1.94. The Bertz CT molecular complexity index is 749. The van der Waals surface area contributed by atoms with E-state index in [0.717, 1.165) is 15.8 Å². The maximum absolute atomic E-state index is 13.8. The fourth-order valence-corrected chi connectivity index (χ4v) is 2.79. The summed E-state index contributed by atoms with van der Waals surface area (Å²) in [7, 11) is 0. The first kappa shape index (κ1) is 12.1. The van der Waals surface area contributed by atoms with Crippen molar-refractivity contribution in [3.8, 4) is 0 Å². The van der Waals surface area contributed by atoms with Crippen molar-refractivity contribution in [3.63, 3.8) is 0 Å². The molecule has 0 atom stereocenters. The third-order valence-corrected chi connectivity index (χ3v) is 3.86. The van der Waals surface area contributed by atoms with Gasteiger partial charge in [-0.05, 0) is 49.2 Å². The first-order chi connectivity index (χ1) is 9.11. The summed E-state index contributed by atoms with van der Waals surface area (Å²) in [6, 6.07) is 11.3. The number of aromatic nitrogens is 1. The van der Waals surface area contributed by atoms with E-state index in [2.05, 4.69) is 16.4 Å². The van der Waals surface area contributed by atoms with Crippen LogP contribution in [-0.2, 0) is 0 Å². The van der Waals surface area contributed by atoms with E-state index in [0.29, 0.717) is 10.8 Å². The van der Waals surface area contributed by atoms with Gasteiger partial charge in [0.05, 0.1) is 15.9 Å². The van der Waals surface area contributed by atoms with Crippen molar-refractivity contribution in [2.45, 2.75) is 13.8 Å². The first-order valence-corrected chi connectivity index (χ1v) is 6.84. The van der Waals surface area contributed by atoms with E-state index in [1.54, 1.807) is 6.07 Å². The third kappa shape index (κ3) is 2.44. The summed E-state index contributed by atoms with van der Waals surface area (Å²) in [6.07, 6.45) is 0. The number of hydrogen-bond acceptors (Lipinski definition) is 3. The van der Waals surface area contributed by atoms with Crippen LogP contribution in [0.4, 0.5) is 15.2 Å². The smallest absolute Gasteiger partial charge is 0.188 e. The van der Waals surface area contributed by atoms with Gasteiger partial charge in [0.1, 0.15) is 5.82 Å². The molecule has 2 aromatic carbocycles. The van der Waals surface area contributed by atoms with Gasteiger partial charge in [0.2, 0.25) is 0 Å². The molecule has 1 aromatic heterocycles. The van der Waals surface area contributed by atoms with Crippen molar-refractivity contribution in [2.24, 2.45) is 0 Å². The number of nitrogens with one attached hydrogen (secondary N) is 1. The highest BCUT2D eigenvalue weighted by Crippen LogP contribution is 2.29. The average Bonchev–Trinajstić information content (AvgIpc) is 2.74. The molecule has 0 unspecified atom stereocenters. The SMILES string of the molecule is Cc1ccc(Nc2nc3cc(C)ccc3s2)c(F)c1. The van der Waals surface area contributed by atoms with E-state index in [9.17, 15) is 4.39 Å². The molecule has 3 rings (SSSR count). The van der Waals surface area contributed by atoms with Crippen LogP contribution in [0.25, 0.3) is 10.2 Å². The van der Waals surface area contributed by atoms with E-state index in [1.165, 1.54) is 23.0 Å². The highest BCUT2D eigenvalue weighted by molar-refractivity contribution is 7.22. The van der Waals surface area contributed by atoms with Gasteiger partial charge in [-0.25, -0.2) is 9.37 Å². The monoisotopic (exact) mass is 272 g/mol. The first-order valence-electron chi connectivity index (χ1n) is 6.02. The predicted octanol–water partition coefficient (Wildman–Crippen LogP) is 4.80. The molecular formula is C15H13FN2S. The topological polar surface area (TPSA) is 24.9 Å². The van der Waals surface area contributed by atoms with E-state index in [-0.39, 0.29) is 5.82 Å². The Morgan fingerprint density at radius 1 is 1.05 bits per heavy atom. The van der Waals surface area contributed by atoms with Gasteiger partial charge in [-0.3, -0.25) is 0 Å². The molecule has 1 N–H and O–H groups in total. The normalized spacial score (nSPS) is 10.9. The van der Waals surface area contributed by atoms with Crippen molar-refractivity contribution in [3.05, 3.63) is 53.3 Å². The van der Waals surface area contributed by atoms with E-state index >= 15 is 0 Å². The number of rotatable bonds is 2. The molecule has 0 bridgehead atoms. The van der Waals surface area contributed by atoms with Crippen LogP contribution in [-0.4, -0.2) is 4.98 Å². The van der Waals surface area contributed by atoms with Crippen LogP contribution >= 0.6 is 11.3 Å². The molecule has 3 aromatic rings. The molecule has 2 nitrogen and oxygen atoms in total. The number of benzene rings is 2. The lowest BCUT2D eigenvalue weighted by Crippen LogP contribution is -1.93. The molecule has 0 aliphatic rings. The molecule has 0 spiro atoms. The summed E-state index contributed by atoms with van der Waals surface area (Å²) < 4.78 is 14.9. The van der Waals surface area contributed by atoms with Gasteiger partial charge in [-0.1, -0.05) is 23.5 Å². The number of anilines is 2. The summed E-state index contributed by atoms with van der Waals surface area (Å²) in [5.41, 5.74) is 3.48. The zero-order valence-electron chi connectivity index (χ0n) is 10.7. The quantitative estimate of drug-likeness (QED) is 0.725. The molecule has 0 fully saturated rings. The Morgan fingerprint density at radius 3 is 2.58 bits per heavy atom. The largest absolute Gasteiger partial charge is 0.329 e. The number of fused-ring (bicyclic) bond motifs is 1. The summed E-state index contributed by atoms with van der Waals surface area (Å²) in [5.74, 6) is -0.254. The summed E-state index contributed by atoms with van der Waals surface area (Å²) in [5, 5.41) is 3.75. The second kappa shape index (κ2) is 4.63. The van der Waals surface area contributed by atoms with Crippen LogP contribution in [0, 0.1) is 19.7 Å². The molecule has 1 heterocycles. The maximum Gasteiger partial charge on any atom is 0.188 e. The van der Waals surface area contributed by atoms with Gasteiger partial charge < -0.3 is 5.32 Å². The van der Waals surface area contributed by atoms with Gasteiger partial charge in [-0.2, -0.15) is 0 Å². The average molecular weight is 272 g/mol. The van der Waals surface area contributed by atoms with Crippen molar-refractivity contribution < 1.29 is 4.39 Å². The van der Waals surface area contributed by atoms with Crippen LogP contribution in [0.3, 0.4) is 0 Å². The van der Waals surface area contributed by atoms with Gasteiger partial charge in [0.25, 0.3) is 0 Å². The molecule has 0 aliphatic heterocycles. The maximum atomic E-state index is 13.8. The lowest BCUT2D eigenvalue weighted by molar-refractivity contribution is 0.630. The fourth-order valence-electron chi connectivity index (χ4n) is 1.93. The molecule has 0 aliphatic carbocycles. The van der Waals surface area contributed by atoms with Crippen molar-refractivity contribution in [1.82, 2.24) is 4.98 Å². The number of thiazole rings is 1. The van der Waals surface area contributed by atoms with Crippen LogP contribution in [0.2, 0.25) is 0 Å². The van der Waals surface area contributed by atoms with E-state index in [4.69, 9.17) is 0 Å². The molecule has 0 saturated heterocycles. The minimum atomic E-state index is -0.254. The molecule has 0 saturated carbocycles. The molecule has 0 amide bonds. The molecule has 96 valence electrons. The molecule has 4 heteroatoms. The Morgan fingerprint density at radius 2 is 1.79 bits per heavy atom. The summed E-state index contributed by atoms with van der Waals surface area (Å²) >= 11 is 1.52. The zero-order chi connectivity index (χ0) is 13.4. The Balaban J connectivity index is 1.96. The van der Waals surface area contributed by atoms with Crippen molar-refractivity contribution in [1.29, 1.82) is 0 Å². The third-order valence-electron chi connectivity index (χ3n) is 2.91. The lowest BCUT2D eigenvalue weighted by atomic mass is 10.2. The standard InChI is InChI=1S/C15H13FN2S/c1-9-3-5-12(11(16)7-9)17-15-18-13-8-10(2)4-6-14(13)19-15/h3-8H,1-2H3,(H,17,18). The van der Waals surface area contributed by atoms with E-state index in [1.807, 2.05) is 32.0 Å². The molecular weight excluding hydrogens is 259 g/mol. The van der Waals surface area contributed by atoms with Gasteiger partial charge >= 0.3 is 0 Å². The fraction of sp³-hybridized carbons (Fsp3) is 0.133. The molecule has 0 radical (unpaired) electrons. The number of halogens is 1. The summed E-state index contributed by atoms with van der Waals surface area (Å²) in [6.45, 7) is 3.90. The van der Waals surface area contributed by atoms with Crippen LogP contribution in [0.1, 0.15) is 11.1 Å². The Labute approximate surface area is 114 Å².